The van der Waals surface area contributed by atoms with E-state index in [4.69, 9.17) is 22.3 Å². The number of hydrogen-bond acceptors (Lipinski definition) is 12. The Morgan fingerprint density at radius 2 is 1.45 bits per heavy atom. The molecule has 1 aliphatic heterocycles. The molecule has 1 heterocycles. The van der Waals surface area contributed by atoms with Gasteiger partial charge in [0.2, 0.25) is 17.7 Å². The average molecular weight is 909 g/mol. The summed E-state index contributed by atoms with van der Waals surface area (Å²) in [4.78, 5) is 116. The molecule has 9 atom stereocenters. The van der Waals surface area contributed by atoms with Gasteiger partial charge in [-0.3, -0.25) is 48.3 Å². The fourth-order valence-electron chi connectivity index (χ4n) is 8.33. The number of aromatic hydroxyl groups is 1. The molecular formula is C46H68N8O11. The minimum Gasteiger partial charge on any atom is -0.508 e. The molecule has 0 saturated heterocycles. The molecular weight excluding hydrogens is 841 g/mol. The summed E-state index contributed by atoms with van der Waals surface area (Å²) in [6, 6.07) is -0.390. The van der Waals surface area contributed by atoms with Crippen molar-refractivity contribution in [1.29, 1.82) is 0 Å². The van der Waals surface area contributed by atoms with Gasteiger partial charge in [-0.05, 0) is 67.7 Å². The predicted molar refractivity (Wildman–Crippen MR) is 242 cm³/mol. The van der Waals surface area contributed by atoms with Crippen molar-refractivity contribution in [3.8, 4) is 5.75 Å². The summed E-state index contributed by atoms with van der Waals surface area (Å²) in [5.41, 5.74) is 18.5. The molecule has 12 N–H and O–H groups in total. The summed E-state index contributed by atoms with van der Waals surface area (Å²) < 4.78 is 0. The van der Waals surface area contributed by atoms with Crippen LogP contribution in [-0.4, -0.2) is 105 Å². The van der Waals surface area contributed by atoms with Crippen molar-refractivity contribution in [3.05, 3.63) is 41.1 Å². The number of nitrogens with zero attached hydrogens (tertiary/aromatic N) is 2. The van der Waals surface area contributed by atoms with Gasteiger partial charge in [0, 0.05) is 68.3 Å². The third-order valence-electron chi connectivity index (χ3n) is 12.5. The number of rotatable bonds is 28. The maximum Gasteiger partial charge on any atom is 0.307 e. The van der Waals surface area contributed by atoms with Gasteiger partial charge in [0.05, 0.1) is 36.5 Å². The van der Waals surface area contributed by atoms with Crippen molar-refractivity contribution in [2.75, 3.05) is 6.54 Å². The molecule has 19 nitrogen and oxygen atoms in total. The first-order valence-corrected chi connectivity index (χ1v) is 22.4. The number of carbonyl (C=O) groups excluding carboxylic acids is 6. The van der Waals surface area contributed by atoms with Crippen molar-refractivity contribution < 1.29 is 53.7 Å². The third-order valence-corrected chi connectivity index (χ3v) is 12.5. The molecule has 0 aromatic heterocycles. The SMILES string of the molecule is CC[C@H](C)[C@H](CC(=O)[C@H](Cc1ccc(O)cc1C)NC(=O)[C@@H](CC(=O)[C@H](CCCN=C(N)N)NC(=O)[C@@H](N)CC(=O)O)C(C)C)C(=O)N[C@@H](CC1=CCC=N1)C(=O)C1CCC[C@H]1C(=O)O. The number of carbonyl (C=O) groups is 8. The maximum absolute atomic E-state index is 14.6. The molecule has 65 heavy (non-hydrogen) atoms. The lowest BCUT2D eigenvalue weighted by Gasteiger charge is -2.29. The van der Waals surface area contributed by atoms with Crippen LogP contribution in [-0.2, 0) is 44.8 Å². The number of nitrogens with two attached hydrogens (primary N) is 3. The number of phenols is 1. The third kappa shape index (κ3) is 16.5. The monoisotopic (exact) mass is 909 g/mol. The lowest BCUT2D eigenvalue weighted by molar-refractivity contribution is -0.146. The molecule has 0 radical (unpaired) electrons. The number of aliphatic imine (C=N–C) groups is 2. The smallest absolute Gasteiger partial charge is 0.307 e. The zero-order chi connectivity index (χ0) is 48.5. The number of carboxylic acids is 2. The van der Waals surface area contributed by atoms with Crippen LogP contribution in [0.3, 0.4) is 0 Å². The number of aryl methyl sites for hydroxylation is 1. The second-order valence-corrected chi connectivity index (χ2v) is 17.7. The maximum atomic E-state index is 14.6. The number of ketones is 3. The second-order valence-electron chi connectivity index (χ2n) is 17.7. The molecule has 1 saturated carbocycles. The first kappa shape index (κ1) is 53.4. The molecule has 3 rings (SSSR count). The number of phenolic OH excluding ortho intramolecular Hbond substituents is 1. The highest BCUT2D eigenvalue weighted by atomic mass is 16.4. The van der Waals surface area contributed by atoms with Crippen LogP contribution in [0, 0.1) is 42.4 Å². The summed E-state index contributed by atoms with van der Waals surface area (Å²) in [5.74, 6) is -10.7. The summed E-state index contributed by atoms with van der Waals surface area (Å²) >= 11 is 0. The summed E-state index contributed by atoms with van der Waals surface area (Å²) in [5, 5.41) is 37.4. The molecule has 0 spiro atoms. The number of allylic oxidation sites excluding steroid dienone is 1. The van der Waals surface area contributed by atoms with E-state index >= 15 is 0 Å². The lowest BCUT2D eigenvalue weighted by Crippen LogP contribution is -2.51. The van der Waals surface area contributed by atoms with Gasteiger partial charge < -0.3 is 48.5 Å². The van der Waals surface area contributed by atoms with E-state index in [0.717, 1.165) is 0 Å². The van der Waals surface area contributed by atoms with Crippen LogP contribution in [0.25, 0.3) is 0 Å². The van der Waals surface area contributed by atoms with Gasteiger partial charge in [0.1, 0.15) is 5.75 Å². The number of carboxylic acid groups (broad SMARTS) is 2. The summed E-state index contributed by atoms with van der Waals surface area (Å²) in [6.45, 7) is 8.93. The Labute approximate surface area is 379 Å². The van der Waals surface area contributed by atoms with Crippen LogP contribution in [0.1, 0.15) is 109 Å². The minimum absolute atomic E-state index is 0.00986. The highest BCUT2D eigenvalue weighted by Crippen LogP contribution is 2.35. The van der Waals surface area contributed by atoms with Gasteiger partial charge in [0.25, 0.3) is 0 Å². The topological polar surface area (TPSA) is 336 Å². The van der Waals surface area contributed by atoms with Crippen molar-refractivity contribution in [1.82, 2.24) is 16.0 Å². The molecule has 358 valence electrons. The van der Waals surface area contributed by atoms with Crippen molar-refractivity contribution in [2.45, 2.75) is 136 Å². The van der Waals surface area contributed by atoms with Gasteiger partial charge in [-0.2, -0.15) is 0 Å². The Hall–Kier alpha value is -5.98. The number of Topliss-reactive ketones (excluding diaryl/α,β-unsaturated/α-hetero) is 3. The number of amides is 3. The van der Waals surface area contributed by atoms with E-state index in [1.807, 2.05) is 13.0 Å². The highest BCUT2D eigenvalue weighted by molar-refractivity contribution is 5.98. The molecule has 19 heteroatoms. The van der Waals surface area contributed by atoms with E-state index in [-0.39, 0.29) is 62.7 Å². The highest BCUT2D eigenvalue weighted by Gasteiger charge is 2.42. The molecule has 1 aliphatic carbocycles. The van der Waals surface area contributed by atoms with Gasteiger partial charge in [-0.25, -0.2) is 0 Å². The molecule has 1 fully saturated rings. The Morgan fingerprint density at radius 1 is 0.831 bits per heavy atom. The number of benzene rings is 1. The zero-order valence-corrected chi connectivity index (χ0v) is 38.1. The zero-order valence-electron chi connectivity index (χ0n) is 38.1. The largest absolute Gasteiger partial charge is 0.508 e. The first-order chi connectivity index (χ1) is 30.6. The standard InChI is InChI=1S/C46H68N8O11/c1-6-25(4)33(43(62)54-37(20-28-10-8-16-50-28)41(60)30-11-7-12-31(30)45(64)65)22-39(57)36(19-27-14-15-29(55)18-26(27)5)53-42(61)32(24(2)3)21-38(56)35(13-9-17-51-46(48)49)52-44(63)34(47)23-40(58)59/h10,14-16,18,24-25,30-37,55H,6-9,11-13,17,19-23,47H2,1-5H3,(H,52,63)(H,53,61)(H,54,62)(H,58,59)(H,64,65)(H4,48,49,51)/t25-,30?,31+,32-,33-,34-,35-,36-,37-/m0/s1. The minimum atomic E-state index is -1.46. The van der Waals surface area contributed by atoms with Gasteiger partial charge in [-0.1, -0.05) is 52.7 Å². The molecule has 2 aliphatic rings. The summed E-state index contributed by atoms with van der Waals surface area (Å²) in [7, 11) is 0. The predicted octanol–water partition coefficient (Wildman–Crippen LogP) is 2.22. The molecule has 0 bridgehead atoms. The molecule has 1 aromatic carbocycles. The van der Waals surface area contributed by atoms with Crippen LogP contribution in [0.2, 0.25) is 0 Å². The quantitative estimate of drug-likeness (QED) is 0.0331. The first-order valence-electron chi connectivity index (χ1n) is 22.4. The van der Waals surface area contributed by atoms with Crippen LogP contribution in [0.5, 0.6) is 5.75 Å². The Bertz CT molecular complexity index is 2000. The number of hydrogen-bond donors (Lipinski definition) is 9. The van der Waals surface area contributed by atoms with E-state index in [1.54, 1.807) is 40.0 Å². The van der Waals surface area contributed by atoms with Crippen molar-refractivity contribution in [3.63, 3.8) is 0 Å². The second kappa shape index (κ2) is 25.5. The Kier molecular flexibility index (Phi) is 20.9. The summed E-state index contributed by atoms with van der Waals surface area (Å²) in [6.07, 6.45) is 4.65. The molecule has 3 amide bonds. The Balaban J connectivity index is 1.94. The van der Waals surface area contributed by atoms with E-state index in [9.17, 15) is 48.6 Å². The van der Waals surface area contributed by atoms with E-state index in [1.165, 1.54) is 12.1 Å². The average Bonchev–Trinajstić information content (AvgIpc) is 3.95. The normalized spacial score (nSPS) is 18.8. The molecule has 1 aromatic rings. The van der Waals surface area contributed by atoms with Gasteiger partial charge >= 0.3 is 11.9 Å². The van der Waals surface area contributed by atoms with Gasteiger partial charge in [0.15, 0.2) is 23.3 Å². The van der Waals surface area contributed by atoms with E-state index in [2.05, 4.69) is 25.9 Å². The fourth-order valence-corrected chi connectivity index (χ4v) is 8.33. The molecule has 1 unspecified atom stereocenters. The number of guanidine groups is 1. The fraction of sp³-hybridized carbons (Fsp3) is 0.609. The van der Waals surface area contributed by atoms with Crippen molar-refractivity contribution >= 4 is 59.2 Å². The number of nitrogens with one attached hydrogen (secondary N) is 3. The van der Waals surface area contributed by atoms with Crippen molar-refractivity contribution in [2.24, 2.45) is 62.7 Å². The van der Waals surface area contributed by atoms with Crippen LogP contribution in [0.15, 0.2) is 40.0 Å². The lowest BCUT2D eigenvalue weighted by atomic mass is 9.82. The van der Waals surface area contributed by atoms with Gasteiger partial charge in [-0.15, -0.1) is 0 Å². The number of aliphatic carboxylic acids is 2. The van der Waals surface area contributed by atoms with Crippen LogP contribution < -0.4 is 33.2 Å². The van der Waals surface area contributed by atoms with E-state index in [0.29, 0.717) is 48.9 Å². The van der Waals surface area contributed by atoms with Crippen LogP contribution in [0.4, 0.5) is 0 Å². The van der Waals surface area contributed by atoms with E-state index < -0.39 is 107 Å². The van der Waals surface area contributed by atoms with Crippen LogP contribution >= 0.6 is 0 Å². The Morgan fingerprint density at radius 3 is 2.03 bits per heavy atom.